The van der Waals surface area contributed by atoms with Crippen LogP contribution in [-0.4, -0.2) is 28.2 Å². The van der Waals surface area contributed by atoms with E-state index in [1.165, 1.54) is 42.5 Å². The summed E-state index contributed by atoms with van der Waals surface area (Å²) >= 11 is 0. The van der Waals surface area contributed by atoms with E-state index in [2.05, 4.69) is 5.32 Å². The van der Waals surface area contributed by atoms with Gasteiger partial charge in [0.1, 0.15) is 5.69 Å². The Bertz CT molecular complexity index is 857. The number of anilines is 3. The predicted molar refractivity (Wildman–Crippen MR) is 119 cm³/mol. The van der Waals surface area contributed by atoms with Crippen molar-refractivity contribution in [3.63, 3.8) is 0 Å². The quantitative estimate of drug-likeness (QED) is 0.450. The maximum absolute atomic E-state index is 14.5. The summed E-state index contributed by atoms with van der Waals surface area (Å²) in [6, 6.07) is 11.0. The summed E-state index contributed by atoms with van der Waals surface area (Å²) in [7, 11) is -3.63. The lowest BCUT2D eigenvalue weighted by Crippen LogP contribution is -2.34. The Morgan fingerprint density at radius 2 is 1.57 bits per heavy atom. The maximum atomic E-state index is 14.5. The number of para-hydroxylation sites is 3. The Balaban J connectivity index is 1.47. The van der Waals surface area contributed by atoms with Gasteiger partial charge in [0.05, 0.1) is 11.4 Å². The van der Waals surface area contributed by atoms with Gasteiger partial charge in [0, 0.05) is 12.6 Å². The Hall–Kier alpha value is -1.87. The van der Waals surface area contributed by atoms with Crippen LogP contribution in [0, 0.1) is 11.6 Å². The van der Waals surface area contributed by atoms with Gasteiger partial charge in [-0.1, -0.05) is 37.5 Å². The van der Waals surface area contributed by atoms with Crippen molar-refractivity contribution in [1.29, 1.82) is 0 Å². The van der Waals surface area contributed by atoms with Crippen molar-refractivity contribution in [2.45, 2.75) is 51.0 Å². The van der Waals surface area contributed by atoms with Crippen molar-refractivity contribution in [1.82, 2.24) is 5.32 Å². The molecule has 0 radical (unpaired) electrons. The van der Waals surface area contributed by atoms with Crippen molar-refractivity contribution in [3.8, 4) is 0 Å². The largest absolute Gasteiger partial charge is 0.314 e. The fourth-order valence-corrected chi connectivity index (χ4v) is 6.20. The van der Waals surface area contributed by atoms with Crippen molar-refractivity contribution < 1.29 is 17.9 Å². The third kappa shape index (κ3) is 4.14. The number of unbranched alkanes of at least 4 members (excludes halogenated alkanes) is 1. The van der Waals surface area contributed by atoms with Crippen molar-refractivity contribution in [3.05, 3.63) is 54.1 Å². The number of fused-ring (bicyclic) bond motifs is 1. The van der Waals surface area contributed by atoms with Crippen molar-refractivity contribution in [2.75, 3.05) is 21.7 Å². The smallest absolute Gasteiger partial charge is 0.151 e. The van der Waals surface area contributed by atoms with E-state index in [1.807, 2.05) is 0 Å². The fraction of sp³-hybridized carbons (Fsp3) is 0.455. The lowest BCUT2D eigenvalue weighted by molar-refractivity contribution is 0.371. The van der Waals surface area contributed by atoms with Crippen LogP contribution in [0.4, 0.5) is 25.8 Å². The second kappa shape index (κ2) is 9.09. The second-order valence-corrected chi connectivity index (χ2v) is 9.73. The summed E-state index contributed by atoms with van der Waals surface area (Å²) in [5.41, 5.74) is 0.522. The molecule has 164 valence electrons. The molecule has 0 spiro atoms. The zero-order chi connectivity index (χ0) is 21.1. The Labute approximate surface area is 178 Å². The molecule has 0 bridgehead atoms. The molecule has 0 unspecified atom stereocenters. The van der Waals surface area contributed by atoms with Crippen LogP contribution in [-0.2, 0) is 0 Å². The molecule has 8 heteroatoms. The Morgan fingerprint density at radius 3 is 2.27 bits per heavy atom. The number of hydrogen-bond acceptors (Lipinski definition) is 5. The van der Waals surface area contributed by atoms with E-state index >= 15 is 0 Å². The average molecular weight is 438 g/mol. The summed E-state index contributed by atoms with van der Waals surface area (Å²) < 4.78 is 53.5. The van der Waals surface area contributed by atoms with Gasteiger partial charge in [0.25, 0.3) is 0 Å². The summed E-state index contributed by atoms with van der Waals surface area (Å²) in [5, 5.41) is 3.59. The second-order valence-electron chi connectivity index (χ2n) is 7.94. The third-order valence-electron chi connectivity index (χ3n) is 5.88. The van der Waals surface area contributed by atoms with Crippen LogP contribution in [0.25, 0.3) is 0 Å². The molecule has 2 aliphatic rings. The lowest BCUT2D eigenvalue weighted by atomic mass is 9.95. The minimum Gasteiger partial charge on any atom is -0.314 e. The molecule has 1 aliphatic carbocycles. The van der Waals surface area contributed by atoms with E-state index in [9.17, 15) is 17.9 Å². The van der Waals surface area contributed by atoms with Gasteiger partial charge in [-0.2, -0.15) is 0 Å². The minimum atomic E-state index is -3.63. The van der Waals surface area contributed by atoms with Crippen LogP contribution in [0.1, 0.15) is 44.9 Å². The first-order valence-corrected chi connectivity index (χ1v) is 12.1. The topological polar surface area (TPSA) is 59.0 Å². The van der Waals surface area contributed by atoms with Gasteiger partial charge in [-0.15, -0.1) is 0 Å². The molecule has 1 saturated carbocycles. The molecule has 0 aromatic heterocycles. The third-order valence-corrected chi connectivity index (χ3v) is 7.72. The molecule has 0 atom stereocenters. The van der Waals surface area contributed by atoms with Gasteiger partial charge in [0.15, 0.2) is 11.6 Å². The lowest BCUT2D eigenvalue weighted by Gasteiger charge is -2.43. The van der Waals surface area contributed by atoms with Crippen LogP contribution in [0.5, 0.6) is 0 Å². The molecule has 4 rings (SSSR count). The molecule has 5 nitrogen and oxygen atoms in total. The zero-order valence-electron chi connectivity index (χ0n) is 16.9. The fourth-order valence-electron chi connectivity index (χ4n) is 4.37. The number of nitrogens with one attached hydrogen (secondary N) is 1. The average Bonchev–Trinajstić information content (AvgIpc) is 2.95. The highest BCUT2D eigenvalue weighted by Gasteiger charge is 2.43. The van der Waals surface area contributed by atoms with Gasteiger partial charge >= 0.3 is 0 Å². The molecule has 1 heterocycles. The van der Waals surface area contributed by atoms with E-state index in [-0.39, 0.29) is 0 Å². The van der Waals surface area contributed by atoms with Crippen molar-refractivity contribution >= 4 is 28.0 Å². The summed E-state index contributed by atoms with van der Waals surface area (Å²) in [4.78, 5) is 0. The van der Waals surface area contributed by atoms with E-state index in [0.717, 1.165) is 35.8 Å². The van der Waals surface area contributed by atoms with Crippen LogP contribution in [0.2, 0.25) is 0 Å². The molecular weight excluding hydrogens is 408 g/mol. The highest BCUT2D eigenvalue weighted by molar-refractivity contribution is 8.27. The normalized spacial score (nSPS) is 19.7. The van der Waals surface area contributed by atoms with Crippen LogP contribution < -0.4 is 13.9 Å². The molecule has 0 amide bonds. The molecule has 2 aromatic rings. The summed E-state index contributed by atoms with van der Waals surface area (Å²) in [6.07, 6.45) is 7.96. The first-order valence-electron chi connectivity index (χ1n) is 10.6. The van der Waals surface area contributed by atoms with Crippen molar-refractivity contribution in [2.24, 2.45) is 0 Å². The van der Waals surface area contributed by atoms with E-state index < -0.39 is 28.3 Å². The highest BCUT2D eigenvalue weighted by Crippen LogP contribution is 2.64. The van der Waals surface area contributed by atoms with Crippen LogP contribution in [0.15, 0.2) is 42.5 Å². The number of nitrogens with zero attached hydrogens (tertiary/aromatic N) is 2. The van der Waals surface area contributed by atoms with E-state index in [0.29, 0.717) is 24.0 Å². The Morgan fingerprint density at radius 1 is 0.900 bits per heavy atom. The number of halogens is 2. The predicted octanol–water partition coefficient (Wildman–Crippen LogP) is 6.21. The molecular formula is C22H29F2N3O2S. The van der Waals surface area contributed by atoms with Gasteiger partial charge in [-0.05, 0) is 67.5 Å². The number of hydrogen-bond donors (Lipinski definition) is 3. The number of benzene rings is 2. The monoisotopic (exact) mass is 437 g/mol. The zero-order valence-corrected chi connectivity index (χ0v) is 17.8. The van der Waals surface area contributed by atoms with Crippen LogP contribution >= 0.6 is 11.0 Å². The van der Waals surface area contributed by atoms with Gasteiger partial charge in [-0.3, -0.25) is 13.4 Å². The standard InChI is InChI=1S/C22H29F2N3O2S/c23-18-11-8-12-19(24)22(18)27-21-14-5-4-13-20(21)26(30(27,28)29)16-7-6-15-25-17-9-2-1-3-10-17/h4-5,8,11-14,17,25,28-29H,1-3,6-7,9-10,15-16H2. The maximum Gasteiger partial charge on any atom is 0.151 e. The summed E-state index contributed by atoms with van der Waals surface area (Å²) in [6.45, 7) is 1.27. The van der Waals surface area contributed by atoms with Gasteiger partial charge in [0.2, 0.25) is 0 Å². The summed E-state index contributed by atoms with van der Waals surface area (Å²) in [5.74, 6) is -1.66. The SMILES string of the molecule is OS1(O)N(CCCCNC2CCCCC2)c2ccccc2N1c1c(F)cccc1F. The van der Waals surface area contributed by atoms with Crippen LogP contribution in [0.3, 0.4) is 0 Å². The van der Waals surface area contributed by atoms with Gasteiger partial charge < -0.3 is 5.32 Å². The first-order chi connectivity index (χ1) is 14.5. The molecule has 30 heavy (non-hydrogen) atoms. The molecule has 0 saturated heterocycles. The molecule has 2 aromatic carbocycles. The number of rotatable bonds is 7. The molecule has 3 N–H and O–H groups in total. The Kier molecular flexibility index (Phi) is 6.48. The van der Waals surface area contributed by atoms with E-state index in [4.69, 9.17) is 0 Å². The van der Waals surface area contributed by atoms with Gasteiger partial charge in [-0.25, -0.2) is 13.1 Å². The van der Waals surface area contributed by atoms with E-state index in [1.54, 1.807) is 24.3 Å². The highest BCUT2D eigenvalue weighted by atomic mass is 32.3. The first kappa shape index (κ1) is 21.4. The molecule has 1 aliphatic heterocycles. The molecule has 1 fully saturated rings. The minimum absolute atomic E-state index is 0.387.